The molecule has 0 bridgehead atoms. The minimum absolute atomic E-state index is 0.0360. The molecule has 0 spiro atoms. The molecule has 0 aliphatic carbocycles. The molecule has 0 atom stereocenters. The van der Waals surface area contributed by atoms with Crippen molar-refractivity contribution in [3.8, 4) is 0 Å². The molecule has 0 fully saturated rings. The van der Waals surface area contributed by atoms with E-state index in [4.69, 9.17) is 17.9 Å². The second-order valence-corrected chi connectivity index (χ2v) is 35.6. The molecule has 8 aromatic rings. The number of nitrogens with zero attached hydrogens (tertiary/aromatic N) is 9. The highest BCUT2D eigenvalue weighted by Gasteiger charge is 2.24. The van der Waals surface area contributed by atoms with Gasteiger partial charge in [0.1, 0.15) is 45.4 Å². The van der Waals surface area contributed by atoms with E-state index in [1.54, 1.807) is 102 Å². The highest BCUT2D eigenvalue weighted by atomic mass is 32.1. The zero-order valence-electron chi connectivity index (χ0n) is 65.3. The van der Waals surface area contributed by atoms with Crippen LogP contribution in [0.1, 0.15) is 275 Å². The Morgan fingerprint density at radius 2 is 0.990 bits per heavy atom. The smallest absolute Gasteiger partial charge is 0.218 e. The SMILES string of the molecule is C=CC1=NCC(C(C)(C)C)=C1.C=Cc1cc(C(C)(C)C)on1.C=Cc1cc(C(C)(C)C)sn1.C=Cc1nc(C(C)(C)C)co1.C=Cc1nc(C(C)(C)C)cs1.C=Cc1ncc(C(C)(C)C)o1.C=Cc1ncc(C(C)(C)C)s1.C=Cc1nocc1C(C)(C)C.C=Cc1nscc1C(C)(C)C. The third-order valence-electron chi connectivity index (χ3n) is 13.9. The summed E-state index contributed by atoms with van der Waals surface area (Å²) in [5.41, 5.74) is 11.9. The lowest BCUT2D eigenvalue weighted by Gasteiger charge is -2.18. The Morgan fingerprint density at radius 3 is 1.28 bits per heavy atom. The van der Waals surface area contributed by atoms with Gasteiger partial charge in [0.2, 0.25) is 11.8 Å². The summed E-state index contributed by atoms with van der Waals surface area (Å²) in [6.45, 7) is 91.6. The van der Waals surface area contributed by atoms with Gasteiger partial charge in [-0.25, -0.2) is 19.9 Å². The average Bonchev–Trinajstić information content (AvgIpc) is 1.78. The maximum Gasteiger partial charge on any atom is 0.218 e. The topological polar surface area (TPSA) is 168 Å². The Bertz CT molecular complexity index is 3370. The standard InChI is InChI=1S/C10H15N.4C9H13NO.4C9H13NS/c1-5-9-6-8(7-11-9)10(2,3)4;1-5-8-10-7(6-11-8)9(2,3)4;1-5-8-10-6-7(11-8)9(2,3)4;1-5-8-7(6-11-10-8)9(2,3)4;1-5-7-6-8(11-10-7)9(2,3)4;1-5-8-10-7(6-11-8)9(2,3)4;1-5-8-10-6-7(11-8)9(2,3)4;1-5-8-7(6-11-10-8)9(2,3)4;1-5-7-6-8(11-10-7)9(2,3)4/h5-6H,1,7H2,2-4H3;8*5-6H,1H2,2-4H3. The van der Waals surface area contributed by atoms with Gasteiger partial charge in [-0.1, -0.05) is 256 Å². The molecular weight excluding hydrogens is 1300 g/mol. The van der Waals surface area contributed by atoms with E-state index in [0.717, 1.165) is 73.5 Å². The molecule has 0 saturated heterocycles. The van der Waals surface area contributed by atoms with E-state index >= 15 is 0 Å². The molecule has 0 radical (unpaired) electrons. The lowest BCUT2D eigenvalue weighted by molar-refractivity contribution is 0.328. The second-order valence-electron chi connectivity index (χ2n) is 32.2. The summed E-state index contributed by atoms with van der Waals surface area (Å²) < 4.78 is 28.9. The van der Waals surface area contributed by atoms with Crippen molar-refractivity contribution in [1.29, 1.82) is 0 Å². The van der Waals surface area contributed by atoms with Crippen molar-refractivity contribution in [2.75, 3.05) is 6.54 Å². The molecule has 0 saturated carbocycles. The van der Waals surface area contributed by atoms with Crippen LogP contribution < -0.4 is 0 Å². The summed E-state index contributed by atoms with van der Waals surface area (Å²) in [7, 11) is 0. The maximum atomic E-state index is 5.37. The van der Waals surface area contributed by atoms with Crippen LogP contribution in [0.2, 0.25) is 0 Å². The van der Waals surface area contributed by atoms with Crippen molar-refractivity contribution < 1.29 is 17.9 Å². The fourth-order valence-electron chi connectivity index (χ4n) is 7.32. The third kappa shape index (κ3) is 32.5. The van der Waals surface area contributed by atoms with E-state index in [1.165, 1.54) is 32.4 Å². The second kappa shape index (κ2) is 38.9. The van der Waals surface area contributed by atoms with Crippen molar-refractivity contribution in [3.05, 3.63) is 213 Å². The van der Waals surface area contributed by atoms with Crippen LogP contribution in [0.5, 0.6) is 0 Å². The molecule has 99 heavy (non-hydrogen) atoms. The van der Waals surface area contributed by atoms with Gasteiger partial charge in [0, 0.05) is 60.0 Å². The third-order valence-corrected chi connectivity index (χ3v) is 18.0. The van der Waals surface area contributed by atoms with Crippen LogP contribution in [0, 0.1) is 5.41 Å². The molecule has 1 aliphatic rings. The number of allylic oxidation sites excluding steroid dienone is 2. The lowest BCUT2D eigenvalue weighted by Crippen LogP contribution is -2.11. The van der Waals surface area contributed by atoms with Gasteiger partial charge in [0.05, 0.1) is 41.2 Å². The molecule has 1 aliphatic heterocycles. The molecule has 8 aromatic heterocycles. The molecule has 9 rings (SSSR count). The van der Waals surface area contributed by atoms with Crippen molar-refractivity contribution in [2.45, 2.75) is 230 Å². The van der Waals surface area contributed by atoms with Gasteiger partial charge in [-0.3, -0.25) is 4.99 Å². The number of hydrogen-bond donors (Lipinski definition) is 0. The quantitative estimate of drug-likeness (QED) is 0.134. The highest BCUT2D eigenvalue weighted by Crippen LogP contribution is 2.32. The predicted octanol–water partition coefficient (Wildman–Crippen LogP) is 25.4. The first-order valence-corrected chi connectivity index (χ1v) is 36.2. The van der Waals surface area contributed by atoms with Crippen LogP contribution in [0.15, 0.2) is 148 Å². The summed E-state index contributed by atoms with van der Waals surface area (Å²) in [5, 5.41) is 13.8. The molecule has 0 amide bonds. The van der Waals surface area contributed by atoms with Crippen LogP contribution in [0.4, 0.5) is 0 Å². The molecular formula is C82H119N9O4S4. The summed E-state index contributed by atoms with van der Waals surface area (Å²) in [4.78, 5) is 23.8. The Hall–Kier alpha value is -7.57. The molecule has 0 aromatic carbocycles. The number of aliphatic imine (C=N–C) groups is 1. The first kappa shape index (κ1) is 89.4. The zero-order valence-corrected chi connectivity index (χ0v) is 68.5. The van der Waals surface area contributed by atoms with Crippen molar-refractivity contribution in [2.24, 2.45) is 10.4 Å². The monoisotopic (exact) mass is 1420 g/mol. The van der Waals surface area contributed by atoms with E-state index in [-0.39, 0.29) is 48.7 Å². The van der Waals surface area contributed by atoms with E-state index in [2.05, 4.69) is 313 Å². The van der Waals surface area contributed by atoms with Crippen LogP contribution >= 0.6 is 45.7 Å². The van der Waals surface area contributed by atoms with E-state index in [9.17, 15) is 0 Å². The molecule has 540 valence electrons. The number of thiazole rings is 2. The Kier molecular flexibility index (Phi) is 35.1. The lowest BCUT2D eigenvalue weighted by atomic mass is 9.87. The van der Waals surface area contributed by atoms with Crippen molar-refractivity contribution >= 4 is 100 Å². The number of aromatic nitrogens is 8. The Labute approximate surface area is 613 Å². The summed E-state index contributed by atoms with van der Waals surface area (Å²) in [6.07, 6.45) is 24.8. The van der Waals surface area contributed by atoms with Crippen molar-refractivity contribution in [1.82, 2.24) is 39.0 Å². The van der Waals surface area contributed by atoms with Crippen LogP contribution in [0.25, 0.3) is 48.6 Å². The van der Waals surface area contributed by atoms with Gasteiger partial charge < -0.3 is 17.9 Å². The Balaban J connectivity index is 0.000000557. The van der Waals surface area contributed by atoms with Gasteiger partial charge in [-0.15, -0.1) is 22.7 Å². The average molecular weight is 1420 g/mol. The van der Waals surface area contributed by atoms with E-state index in [0.29, 0.717) is 11.8 Å². The van der Waals surface area contributed by atoms with Crippen molar-refractivity contribution in [3.63, 3.8) is 0 Å². The van der Waals surface area contributed by atoms with E-state index < -0.39 is 0 Å². The molecule has 9 heterocycles. The molecule has 0 unspecified atom stereocenters. The fourth-order valence-corrected chi connectivity index (χ4v) is 10.7. The largest absolute Gasteiger partial charge is 0.445 e. The van der Waals surface area contributed by atoms with Gasteiger partial charge in [0.15, 0.2) is 0 Å². The first-order chi connectivity index (χ1) is 45.4. The maximum absolute atomic E-state index is 5.37. The van der Waals surface area contributed by atoms with Gasteiger partial charge in [-0.05, 0) is 128 Å². The summed E-state index contributed by atoms with van der Waals surface area (Å²) >= 11 is 6.41. The highest BCUT2D eigenvalue weighted by molar-refractivity contribution is 7.12. The van der Waals surface area contributed by atoms with Gasteiger partial charge in [0.25, 0.3) is 0 Å². The minimum Gasteiger partial charge on any atom is -0.445 e. The van der Waals surface area contributed by atoms with Crippen LogP contribution in [-0.4, -0.2) is 51.3 Å². The summed E-state index contributed by atoms with van der Waals surface area (Å²) in [5.74, 6) is 2.98. The molecule has 13 nitrogen and oxygen atoms in total. The first-order valence-electron chi connectivity index (χ1n) is 32.9. The zero-order chi connectivity index (χ0) is 76.3. The van der Waals surface area contributed by atoms with E-state index in [1.807, 2.05) is 18.3 Å². The van der Waals surface area contributed by atoms with Gasteiger partial charge in [-0.2, -0.15) is 8.75 Å². The van der Waals surface area contributed by atoms with Crippen LogP contribution in [-0.2, 0) is 43.3 Å². The molecule has 17 heteroatoms. The van der Waals surface area contributed by atoms with Gasteiger partial charge >= 0.3 is 0 Å². The summed E-state index contributed by atoms with van der Waals surface area (Å²) in [6, 6.07) is 4.00. The minimum atomic E-state index is 0.0360. The number of hydrogen-bond acceptors (Lipinski definition) is 17. The number of oxazole rings is 2. The normalized spacial score (nSPS) is 12.2. The predicted molar refractivity (Wildman–Crippen MR) is 435 cm³/mol. The Morgan fingerprint density at radius 1 is 0.434 bits per heavy atom. The fraction of sp³-hybridized carbons (Fsp3) is 0.451. The van der Waals surface area contributed by atoms with Crippen LogP contribution in [0.3, 0.4) is 0 Å². The number of rotatable bonds is 9. The molecule has 0 N–H and O–H groups in total.